The summed E-state index contributed by atoms with van der Waals surface area (Å²) >= 11 is 0. The van der Waals surface area contributed by atoms with Gasteiger partial charge in [0, 0.05) is 38.3 Å². The molecule has 0 spiro atoms. The van der Waals surface area contributed by atoms with Crippen molar-refractivity contribution in [1.82, 2.24) is 19.2 Å². The molecule has 1 N–H and O–H groups in total. The van der Waals surface area contributed by atoms with Crippen molar-refractivity contribution in [1.29, 1.82) is 0 Å². The van der Waals surface area contributed by atoms with E-state index in [9.17, 15) is 18.0 Å². The molecule has 1 amide bonds. The van der Waals surface area contributed by atoms with Gasteiger partial charge in [-0.1, -0.05) is 0 Å². The number of H-pyrrole nitrogens is 1. The number of aromatic nitrogens is 2. The summed E-state index contributed by atoms with van der Waals surface area (Å²) in [4.78, 5) is 32.7. The molecule has 0 atom stereocenters. The fourth-order valence-electron chi connectivity index (χ4n) is 2.52. The zero-order valence-corrected chi connectivity index (χ0v) is 13.1. The molecule has 1 aliphatic heterocycles. The van der Waals surface area contributed by atoms with Crippen LogP contribution in [0.2, 0.25) is 0 Å². The zero-order valence-electron chi connectivity index (χ0n) is 12.3. The van der Waals surface area contributed by atoms with Crippen LogP contribution in [-0.2, 0) is 10.0 Å². The first-order valence-corrected chi connectivity index (χ1v) is 9.04. The Labute approximate surface area is 128 Å². The Morgan fingerprint density at radius 1 is 1.27 bits per heavy atom. The molecule has 1 aliphatic carbocycles. The van der Waals surface area contributed by atoms with Crippen molar-refractivity contribution in [3.05, 3.63) is 27.9 Å². The minimum Gasteiger partial charge on any atom is -0.336 e. The molecule has 2 fully saturated rings. The smallest absolute Gasteiger partial charge is 0.263 e. The third-order valence-electron chi connectivity index (χ3n) is 4.01. The second-order valence-corrected chi connectivity index (χ2v) is 7.72. The summed E-state index contributed by atoms with van der Waals surface area (Å²) in [7, 11) is -3.24. The summed E-state index contributed by atoms with van der Waals surface area (Å²) in [5, 5.41) is 0. The van der Waals surface area contributed by atoms with E-state index >= 15 is 0 Å². The first-order valence-electron chi connectivity index (χ1n) is 7.20. The van der Waals surface area contributed by atoms with Gasteiger partial charge in [0.05, 0.1) is 6.26 Å². The topological polar surface area (TPSA) is 103 Å². The number of amides is 1. The minimum atomic E-state index is -3.24. The Morgan fingerprint density at radius 3 is 2.41 bits per heavy atom. The minimum absolute atomic E-state index is 0.0113. The standard InChI is InChI=1S/C13H18N4O4S/c1-22(20,21)17-6-4-16(5-7-17)13(19)10-8-14-11(9-2-3-9)15-12(10)18/h8-9H,2-7H2,1H3,(H,14,15,18). The van der Waals surface area contributed by atoms with Crippen LogP contribution in [0.25, 0.3) is 0 Å². The molecule has 2 heterocycles. The molecule has 1 aromatic heterocycles. The predicted molar refractivity (Wildman–Crippen MR) is 79.2 cm³/mol. The highest BCUT2D eigenvalue weighted by atomic mass is 32.2. The van der Waals surface area contributed by atoms with Crippen molar-refractivity contribution in [2.75, 3.05) is 32.4 Å². The largest absolute Gasteiger partial charge is 0.336 e. The van der Waals surface area contributed by atoms with Gasteiger partial charge in [-0.05, 0) is 12.8 Å². The normalized spacial score (nSPS) is 20.1. The summed E-state index contributed by atoms with van der Waals surface area (Å²) in [6.07, 6.45) is 4.51. The van der Waals surface area contributed by atoms with Crippen molar-refractivity contribution >= 4 is 15.9 Å². The number of carbonyl (C=O) groups excluding carboxylic acids is 1. The lowest BCUT2D eigenvalue weighted by Crippen LogP contribution is -2.51. The molecule has 1 saturated heterocycles. The van der Waals surface area contributed by atoms with Crippen LogP contribution in [0.4, 0.5) is 0 Å². The molecule has 8 nitrogen and oxygen atoms in total. The van der Waals surface area contributed by atoms with Gasteiger partial charge < -0.3 is 9.88 Å². The molecule has 0 aromatic carbocycles. The lowest BCUT2D eigenvalue weighted by Gasteiger charge is -2.33. The highest BCUT2D eigenvalue weighted by molar-refractivity contribution is 7.88. The summed E-state index contributed by atoms with van der Waals surface area (Å²) in [5.41, 5.74) is -0.412. The van der Waals surface area contributed by atoms with Crippen LogP contribution < -0.4 is 5.56 Å². The molecule has 9 heteroatoms. The van der Waals surface area contributed by atoms with E-state index in [1.165, 1.54) is 15.4 Å². The lowest BCUT2D eigenvalue weighted by atomic mass is 10.2. The van der Waals surface area contributed by atoms with Crippen LogP contribution in [0.1, 0.15) is 34.9 Å². The molecule has 0 bridgehead atoms. The lowest BCUT2D eigenvalue weighted by molar-refractivity contribution is 0.0696. The number of aromatic amines is 1. The van der Waals surface area contributed by atoms with Crippen LogP contribution in [0.5, 0.6) is 0 Å². The molecule has 1 saturated carbocycles. The van der Waals surface area contributed by atoms with Gasteiger partial charge in [0.1, 0.15) is 11.4 Å². The number of carbonyl (C=O) groups is 1. The average molecular weight is 326 g/mol. The zero-order chi connectivity index (χ0) is 15.9. The van der Waals surface area contributed by atoms with Crippen molar-refractivity contribution in [2.45, 2.75) is 18.8 Å². The van der Waals surface area contributed by atoms with E-state index in [1.807, 2.05) is 0 Å². The van der Waals surface area contributed by atoms with Gasteiger partial charge >= 0.3 is 0 Å². The maximum absolute atomic E-state index is 12.4. The highest BCUT2D eigenvalue weighted by Gasteiger charge is 2.29. The molecule has 22 heavy (non-hydrogen) atoms. The summed E-state index contributed by atoms with van der Waals surface area (Å²) < 4.78 is 24.2. The molecule has 2 aliphatic rings. The fourth-order valence-corrected chi connectivity index (χ4v) is 3.35. The molecule has 0 unspecified atom stereocenters. The van der Waals surface area contributed by atoms with E-state index in [0.717, 1.165) is 19.1 Å². The highest BCUT2D eigenvalue weighted by Crippen LogP contribution is 2.37. The molecule has 1 aromatic rings. The van der Waals surface area contributed by atoms with E-state index in [0.29, 0.717) is 11.7 Å². The Morgan fingerprint density at radius 2 is 1.91 bits per heavy atom. The van der Waals surface area contributed by atoms with E-state index < -0.39 is 21.5 Å². The van der Waals surface area contributed by atoms with Gasteiger partial charge in [-0.2, -0.15) is 4.31 Å². The van der Waals surface area contributed by atoms with E-state index in [4.69, 9.17) is 0 Å². The third-order valence-corrected chi connectivity index (χ3v) is 5.31. The first kappa shape index (κ1) is 15.2. The molecule has 120 valence electrons. The Kier molecular flexibility index (Phi) is 3.77. The average Bonchev–Trinajstić information content (AvgIpc) is 3.30. The summed E-state index contributed by atoms with van der Waals surface area (Å²) in [5.74, 6) is 0.558. The monoisotopic (exact) mass is 326 g/mol. The van der Waals surface area contributed by atoms with Crippen molar-refractivity contribution < 1.29 is 13.2 Å². The molecular weight excluding hydrogens is 308 g/mol. The van der Waals surface area contributed by atoms with Gasteiger partial charge in [-0.15, -0.1) is 0 Å². The number of nitrogens with one attached hydrogen (secondary N) is 1. The van der Waals surface area contributed by atoms with Crippen molar-refractivity contribution in [2.24, 2.45) is 0 Å². The van der Waals surface area contributed by atoms with E-state index in [1.54, 1.807) is 0 Å². The van der Waals surface area contributed by atoms with Gasteiger partial charge in [0.25, 0.3) is 11.5 Å². The SMILES string of the molecule is CS(=O)(=O)N1CCN(C(=O)c2cnc(C3CC3)[nH]c2=O)CC1. The van der Waals surface area contributed by atoms with Crippen molar-refractivity contribution in [3.8, 4) is 0 Å². The number of rotatable bonds is 3. The predicted octanol–water partition coefficient (Wildman–Crippen LogP) is -0.635. The van der Waals surface area contributed by atoms with Crippen molar-refractivity contribution in [3.63, 3.8) is 0 Å². The van der Waals surface area contributed by atoms with Crippen LogP contribution in [0, 0.1) is 0 Å². The number of nitrogens with zero attached hydrogens (tertiary/aromatic N) is 3. The van der Waals surface area contributed by atoms with Crippen LogP contribution in [-0.4, -0.2) is 65.9 Å². The molecular formula is C13H18N4O4S. The third kappa shape index (κ3) is 3.05. The second kappa shape index (κ2) is 5.47. The first-order chi connectivity index (χ1) is 10.4. The quantitative estimate of drug-likeness (QED) is 0.796. The van der Waals surface area contributed by atoms with Gasteiger partial charge in [-0.3, -0.25) is 9.59 Å². The number of hydrogen-bond donors (Lipinski definition) is 1. The van der Waals surface area contributed by atoms with Gasteiger partial charge in [0.15, 0.2) is 0 Å². The van der Waals surface area contributed by atoms with Crippen LogP contribution in [0.3, 0.4) is 0 Å². The summed E-state index contributed by atoms with van der Waals surface area (Å²) in [6, 6.07) is 0. The maximum Gasteiger partial charge on any atom is 0.263 e. The molecule has 0 radical (unpaired) electrons. The fraction of sp³-hybridized carbons (Fsp3) is 0.615. The van der Waals surface area contributed by atoms with E-state index in [-0.39, 0.29) is 31.7 Å². The second-order valence-electron chi connectivity index (χ2n) is 5.74. The Hall–Kier alpha value is -1.74. The van der Waals surface area contributed by atoms with Crippen LogP contribution in [0.15, 0.2) is 11.0 Å². The summed E-state index contributed by atoms with van der Waals surface area (Å²) in [6.45, 7) is 1.04. The van der Waals surface area contributed by atoms with Crippen LogP contribution >= 0.6 is 0 Å². The number of piperazine rings is 1. The Bertz CT molecular complexity index is 746. The maximum atomic E-state index is 12.4. The van der Waals surface area contributed by atoms with Gasteiger partial charge in [-0.25, -0.2) is 13.4 Å². The number of sulfonamides is 1. The van der Waals surface area contributed by atoms with Gasteiger partial charge in [0.2, 0.25) is 10.0 Å². The Balaban J connectivity index is 1.71. The van der Waals surface area contributed by atoms with E-state index in [2.05, 4.69) is 9.97 Å². The molecule has 3 rings (SSSR count). The number of hydrogen-bond acceptors (Lipinski definition) is 5.